The van der Waals surface area contributed by atoms with E-state index in [1.807, 2.05) is 6.92 Å². The van der Waals surface area contributed by atoms with Crippen molar-refractivity contribution in [1.82, 2.24) is 0 Å². The Morgan fingerprint density at radius 3 is 2.93 bits per heavy atom. The van der Waals surface area contributed by atoms with Crippen molar-refractivity contribution in [1.29, 1.82) is 5.41 Å². The molecule has 2 atom stereocenters. The van der Waals surface area contributed by atoms with Gasteiger partial charge in [-0.15, -0.1) is 0 Å². The molecular weight excluding hydrogens is 179 g/mol. The Bertz CT molecular complexity index is 387. The summed E-state index contributed by atoms with van der Waals surface area (Å²) in [5.74, 6) is 0.207. The molecule has 1 aromatic carbocycles. The summed E-state index contributed by atoms with van der Waals surface area (Å²) >= 11 is 0. The molecule has 74 valence electrons. The van der Waals surface area contributed by atoms with Crippen LogP contribution in [0.4, 0.5) is 4.39 Å². The van der Waals surface area contributed by atoms with E-state index in [2.05, 4.69) is 0 Å². The molecule has 3 heteroatoms. The molecule has 1 aliphatic rings. The molecule has 0 saturated heterocycles. The zero-order chi connectivity index (χ0) is 10.3. The lowest BCUT2D eigenvalue weighted by Crippen LogP contribution is -2.24. The van der Waals surface area contributed by atoms with Crippen LogP contribution in [0, 0.1) is 17.1 Å². The topological polar surface area (TPSA) is 49.9 Å². The molecule has 0 spiro atoms. The normalized spacial score (nSPS) is 24.7. The fourth-order valence-electron chi connectivity index (χ4n) is 2.19. The van der Waals surface area contributed by atoms with Gasteiger partial charge in [0.2, 0.25) is 0 Å². The van der Waals surface area contributed by atoms with Crippen molar-refractivity contribution in [3.63, 3.8) is 0 Å². The van der Waals surface area contributed by atoms with Crippen molar-refractivity contribution in [2.24, 2.45) is 11.7 Å². The summed E-state index contributed by atoms with van der Waals surface area (Å²) in [6, 6.07) is 4.82. The van der Waals surface area contributed by atoms with E-state index in [1.54, 1.807) is 12.1 Å². The first kappa shape index (κ1) is 9.19. The standard InChI is InChI=1S/C11H13FN2/c1-6-9-5-8(12)3-2-7(9)4-10(6)11(13)14/h2-3,5-6,10H,4H2,1H3,(H3,13,14). The lowest BCUT2D eigenvalue weighted by atomic mass is 9.94. The maximum Gasteiger partial charge on any atom is 0.123 e. The second kappa shape index (κ2) is 3.08. The molecule has 0 heterocycles. The second-order valence-corrected chi connectivity index (χ2v) is 3.90. The molecule has 1 aliphatic carbocycles. The minimum atomic E-state index is -0.209. The lowest BCUT2D eigenvalue weighted by molar-refractivity contribution is 0.606. The number of halogens is 1. The summed E-state index contributed by atoms with van der Waals surface area (Å²) in [6.45, 7) is 2.00. The van der Waals surface area contributed by atoms with Crippen molar-refractivity contribution in [2.75, 3.05) is 0 Å². The van der Waals surface area contributed by atoms with Crippen LogP contribution in [0.25, 0.3) is 0 Å². The van der Waals surface area contributed by atoms with Crippen LogP contribution in [0.1, 0.15) is 24.0 Å². The number of benzene rings is 1. The quantitative estimate of drug-likeness (QED) is 0.519. The second-order valence-electron chi connectivity index (χ2n) is 3.90. The lowest BCUT2D eigenvalue weighted by Gasteiger charge is -2.13. The Kier molecular flexibility index (Phi) is 2.02. The smallest absolute Gasteiger partial charge is 0.123 e. The highest BCUT2D eigenvalue weighted by Gasteiger charge is 2.31. The fraction of sp³-hybridized carbons (Fsp3) is 0.364. The highest BCUT2D eigenvalue weighted by molar-refractivity contribution is 5.82. The summed E-state index contributed by atoms with van der Waals surface area (Å²) in [7, 11) is 0. The SMILES string of the molecule is CC1c2cc(F)ccc2CC1C(=N)N. The molecule has 0 aliphatic heterocycles. The van der Waals surface area contributed by atoms with E-state index < -0.39 is 0 Å². The van der Waals surface area contributed by atoms with Gasteiger partial charge < -0.3 is 5.73 Å². The maximum atomic E-state index is 13.0. The van der Waals surface area contributed by atoms with Crippen LogP contribution in [0.3, 0.4) is 0 Å². The third kappa shape index (κ3) is 1.29. The Morgan fingerprint density at radius 1 is 1.57 bits per heavy atom. The first-order valence-electron chi connectivity index (χ1n) is 4.72. The van der Waals surface area contributed by atoms with Gasteiger partial charge in [0.1, 0.15) is 5.82 Å². The number of rotatable bonds is 1. The number of hydrogen-bond acceptors (Lipinski definition) is 1. The van der Waals surface area contributed by atoms with Crippen LogP contribution in [0.15, 0.2) is 18.2 Å². The molecule has 2 unspecified atom stereocenters. The largest absolute Gasteiger partial charge is 0.387 e. The minimum Gasteiger partial charge on any atom is -0.387 e. The molecule has 3 N–H and O–H groups in total. The summed E-state index contributed by atoms with van der Waals surface area (Å²) in [5.41, 5.74) is 7.62. The van der Waals surface area contributed by atoms with Crippen LogP contribution in [0.5, 0.6) is 0 Å². The maximum absolute atomic E-state index is 13.0. The van der Waals surface area contributed by atoms with Crippen molar-refractivity contribution < 1.29 is 4.39 Å². The number of amidine groups is 1. The molecule has 0 fully saturated rings. The molecule has 1 aromatic rings. The Balaban J connectivity index is 2.41. The van der Waals surface area contributed by atoms with Gasteiger partial charge in [0.05, 0.1) is 5.84 Å². The summed E-state index contributed by atoms with van der Waals surface area (Å²) in [4.78, 5) is 0. The van der Waals surface area contributed by atoms with Gasteiger partial charge in [0, 0.05) is 5.92 Å². The number of hydrogen-bond donors (Lipinski definition) is 2. The van der Waals surface area contributed by atoms with Crippen LogP contribution in [-0.4, -0.2) is 5.84 Å². The molecular formula is C11H13FN2. The molecule has 0 radical (unpaired) electrons. The predicted molar refractivity (Wildman–Crippen MR) is 53.9 cm³/mol. The number of nitrogens with two attached hydrogens (primary N) is 1. The van der Waals surface area contributed by atoms with Gasteiger partial charge in [0.15, 0.2) is 0 Å². The van der Waals surface area contributed by atoms with E-state index in [4.69, 9.17) is 11.1 Å². The van der Waals surface area contributed by atoms with E-state index in [0.29, 0.717) is 0 Å². The third-order valence-corrected chi connectivity index (χ3v) is 3.04. The first-order chi connectivity index (χ1) is 6.59. The zero-order valence-electron chi connectivity index (χ0n) is 8.05. The van der Waals surface area contributed by atoms with E-state index in [1.165, 1.54) is 6.07 Å². The van der Waals surface area contributed by atoms with E-state index in [-0.39, 0.29) is 23.5 Å². The zero-order valence-corrected chi connectivity index (χ0v) is 8.05. The van der Waals surface area contributed by atoms with Gasteiger partial charge in [-0.25, -0.2) is 4.39 Å². The number of fused-ring (bicyclic) bond motifs is 1. The van der Waals surface area contributed by atoms with Crippen molar-refractivity contribution in [3.05, 3.63) is 35.1 Å². The van der Waals surface area contributed by atoms with Gasteiger partial charge in [0.25, 0.3) is 0 Å². The average molecular weight is 192 g/mol. The summed E-state index contributed by atoms with van der Waals surface area (Å²) in [5, 5.41) is 7.44. The monoisotopic (exact) mass is 192 g/mol. The van der Waals surface area contributed by atoms with Crippen LogP contribution in [0.2, 0.25) is 0 Å². The van der Waals surface area contributed by atoms with Gasteiger partial charge in [-0.05, 0) is 35.6 Å². The highest BCUT2D eigenvalue weighted by Crippen LogP contribution is 2.37. The van der Waals surface area contributed by atoms with Crippen LogP contribution < -0.4 is 5.73 Å². The molecule has 0 bridgehead atoms. The molecule has 2 nitrogen and oxygen atoms in total. The van der Waals surface area contributed by atoms with E-state index >= 15 is 0 Å². The third-order valence-electron chi connectivity index (χ3n) is 3.04. The molecule has 2 rings (SSSR count). The average Bonchev–Trinajstić information content (AvgIpc) is 2.44. The van der Waals surface area contributed by atoms with E-state index in [0.717, 1.165) is 17.5 Å². The van der Waals surface area contributed by atoms with Crippen molar-refractivity contribution >= 4 is 5.84 Å². The van der Waals surface area contributed by atoms with Crippen LogP contribution >= 0.6 is 0 Å². The summed E-state index contributed by atoms with van der Waals surface area (Å²) < 4.78 is 13.0. The van der Waals surface area contributed by atoms with Gasteiger partial charge in [-0.2, -0.15) is 0 Å². The predicted octanol–water partition coefficient (Wildman–Crippen LogP) is 2.04. The molecule has 0 saturated carbocycles. The van der Waals surface area contributed by atoms with Crippen LogP contribution in [-0.2, 0) is 6.42 Å². The van der Waals surface area contributed by atoms with Gasteiger partial charge in [-0.3, -0.25) is 5.41 Å². The van der Waals surface area contributed by atoms with Crippen molar-refractivity contribution in [3.8, 4) is 0 Å². The van der Waals surface area contributed by atoms with E-state index in [9.17, 15) is 4.39 Å². The van der Waals surface area contributed by atoms with Crippen molar-refractivity contribution in [2.45, 2.75) is 19.3 Å². The Hall–Kier alpha value is -1.38. The summed E-state index contributed by atoms with van der Waals surface area (Å²) in [6.07, 6.45) is 0.770. The fourth-order valence-corrected chi connectivity index (χ4v) is 2.19. The minimum absolute atomic E-state index is 0.0480. The highest BCUT2D eigenvalue weighted by atomic mass is 19.1. The molecule has 14 heavy (non-hydrogen) atoms. The first-order valence-corrected chi connectivity index (χ1v) is 4.72. The Labute approximate surface area is 82.4 Å². The number of nitrogens with one attached hydrogen (secondary N) is 1. The van der Waals surface area contributed by atoms with Gasteiger partial charge in [-0.1, -0.05) is 13.0 Å². The molecule has 0 aromatic heterocycles. The Morgan fingerprint density at radius 2 is 2.29 bits per heavy atom. The van der Waals surface area contributed by atoms with Gasteiger partial charge >= 0.3 is 0 Å². The molecule has 0 amide bonds.